The van der Waals surface area contributed by atoms with Crippen molar-refractivity contribution in [3.63, 3.8) is 0 Å². The molecule has 2 aromatic rings. The van der Waals surface area contributed by atoms with Crippen LogP contribution < -0.4 is 0 Å². The summed E-state index contributed by atoms with van der Waals surface area (Å²) in [6.45, 7) is 3.10. The third-order valence-corrected chi connectivity index (χ3v) is 5.72. The highest BCUT2D eigenvalue weighted by Crippen LogP contribution is 2.40. The molecule has 1 fully saturated rings. The number of ether oxygens (including phenoxy) is 2. The van der Waals surface area contributed by atoms with Gasteiger partial charge in [0.2, 0.25) is 5.79 Å². The number of thioether (sulfide) groups is 1. The second-order valence-corrected chi connectivity index (χ2v) is 7.94. The van der Waals surface area contributed by atoms with Gasteiger partial charge < -0.3 is 9.47 Å². The van der Waals surface area contributed by atoms with Crippen molar-refractivity contribution >= 4 is 35.0 Å². The lowest BCUT2D eigenvalue weighted by atomic mass is 10.1. The lowest BCUT2D eigenvalue weighted by molar-refractivity contribution is -0.186. The van der Waals surface area contributed by atoms with E-state index in [1.165, 1.54) is 19.2 Å². The van der Waals surface area contributed by atoms with E-state index in [2.05, 4.69) is 17.0 Å². The Labute approximate surface area is 162 Å². The van der Waals surface area contributed by atoms with E-state index in [0.717, 1.165) is 17.1 Å². The number of nitrogens with zero attached hydrogens (tertiary/aromatic N) is 3. The highest BCUT2D eigenvalue weighted by molar-refractivity contribution is 7.99. The molecule has 8 heteroatoms. The van der Waals surface area contributed by atoms with Gasteiger partial charge in [-0.3, -0.25) is 0 Å². The topological polar surface area (TPSA) is 49.2 Å². The van der Waals surface area contributed by atoms with Crippen molar-refractivity contribution in [2.24, 2.45) is 0 Å². The van der Waals surface area contributed by atoms with Crippen LogP contribution in [-0.2, 0) is 21.8 Å². The van der Waals surface area contributed by atoms with Crippen molar-refractivity contribution in [2.75, 3.05) is 18.1 Å². The van der Waals surface area contributed by atoms with Crippen LogP contribution in [0.15, 0.2) is 30.9 Å². The Bertz CT molecular complexity index is 687. The molecule has 136 valence electrons. The molecule has 1 aromatic carbocycles. The van der Waals surface area contributed by atoms with Gasteiger partial charge in [-0.15, -0.1) is 0 Å². The van der Waals surface area contributed by atoms with Crippen LogP contribution in [0.2, 0.25) is 10.0 Å². The molecule has 1 saturated heterocycles. The normalized spacial score (nSPS) is 23.2. The number of unbranched alkanes of at least 4 members (excludes halogenated alkanes) is 1. The molecule has 0 bridgehead atoms. The summed E-state index contributed by atoms with van der Waals surface area (Å²) in [7, 11) is 0. The molecule has 5 nitrogen and oxygen atoms in total. The van der Waals surface area contributed by atoms with E-state index >= 15 is 0 Å². The van der Waals surface area contributed by atoms with Gasteiger partial charge in [0, 0.05) is 16.3 Å². The third-order valence-electron chi connectivity index (χ3n) is 3.98. The first-order valence-electron chi connectivity index (χ1n) is 8.30. The highest BCUT2D eigenvalue weighted by atomic mass is 35.5. The lowest BCUT2D eigenvalue weighted by Gasteiger charge is -2.29. The molecule has 0 amide bonds. The maximum atomic E-state index is 6.44. The summed E-state index contributed by atoms with van der Waals surface area (Å²) >= 11 is 14.4. The van der Waals surface area contributed by atoms with E-state index < -0.39 is 5.79 Å². The molecule has 0 N–H and O–H groups in total. The summed E-state index contributed by atoms with van der Waals surface area (Å²) < 4.78 is 14.2. The fraction of sp³-hybridized carbons (Fsp3) is 0.529. The minimum Gasteiger partial charge on any atom is -0.342 e. The first-order valence-corrected chi connectivity index (χ1v) is 10.2. The van der Waals surface area contributed by atoms with Crippen LogP contribution in [0.1, 0.15) is 25.3 Å². The van der Waals surface area contributed by atoms with E-state index in [-0.39, 0.29) is 6.10 Å². The summed E-state index contributed by atoms with van der Waals surface area (Å²) in [5.41, 5.74) is 0.759. The molecule has 1 aliphatic heterocycles. The zero-order valence-electron chi connectivity index (χ0n) is 14.0. The minimum atomic E-state index is -0.981. The predicted molar refractivity (Wildman–Crippen MR) is 101 cm³/mol. The van der Waals surface area contributed by atoms with E-state index in [1.807, 2.05) is 17.8 Å². The van der Waals surface area contributed by atoms with Gasteiger partial charge in [0.15, 0.2) is 0 Å². The Morgan fingerprint density at radius 3 is 3.00 bits per heavy atom. The standard InChI is InChI=1S/C17H21Cl2N3O2S/c1-2-3-6-25-9-14-8-23-17(24-14,10-22-12-20-11-21-22)15-5-4-13(18)7-16(15)19/h4-5,7,11-12,14H,2-3,6,8-10H2,1H3/t14-,17+/m0/s1. The van der Waals surface area contributed by atoms with Crippen LogP contribution >= 0.6 is 35.0 Å². The van der Waals surface area contributed by atoms with Gasteiger partial charge >= 0.3 is 0 Å². The van der Waals surface area contributed by atoms with Crippen LogP contribution in [0.25, 0.3) is 0 Å². The van der Waals surface area contributed by atoms with Crippen LogP contribution in [0.4, 0.5) is 0 Å². The number of hydrogen-bond donors (Lipinski definition) is 0. The summed E-state index contributed by atoms with van der Waals surface area (Å²) in [6, 6.07) is 5.35. The molecule has 0 saturated carbocycles. The van der Waals surface area contributed by atoms with Gasteiger partial charge in [-0.25, -0.2) is 9.67 Å². The zero-order chi connectivity index (χ0) is 17.7. The van der Waals surface area contributed by atoms with Gasteiger partial charge in [0.05, 0.1) is 17.7 Å². The SMILES string of the molecule is CCCCSC[C@@H]1CO[C@@](Cn2cncn2)(c2ccc(Cl)cc2Cl)O1. The van der Waals surface area contributed by atoms with E-state index in [1.54, 1.807) is 23.1 Å². The fourth-order valence-corrected chi connectivity index (χ4v) is 4.38. The maximum absolute atomic E-state index is 6.44. The summed E-state index contributed by atoms with van der Waals surface area (Å²) in [5, 5.41) is 5.28. The molecule has 1 aromatic heterocycles. The average Bonchev–Trinajstić information content (AvgIpc) is 3.22. The number of rotatable bonds is 8. The summed E-state index contributed by atoms with van der Waals surface area (Å²) in [6.07, 6.45) is 5.56. The Balaban J connectivity index is 1.79. The zero-order valence-corrected chi connectivity index (χ0v) is 16.4. The van der Waals surface area contributed by atoms with E-state index in [4.69, 9.17) is 32.7 Å². The van der Waals surface area contributed by atoms with Crippen LogP contribution in [0, 0.1) is 0 Å². The van der Waals surface area contributed by atoms with E-state index in [0.29, 0.717) is 23.2 Å². The summed E-state index contributed by atoms with van der Waals surface area (Å²) in [5.74, 6) is 1.05. The second kappa shape index (κ2) is 8.73. The van der Waals surface area contributed by atoms with Crippen LogP contribution in [0.5, 0.6) is 0 Å². The third kappa shape index (κ3) is 4.68. The minimum absolute atomic E-state index is 0.0112. The predicted octanol–water partition coefficient (Wildman–Crippen LogP) is 4.39. The molecule has 25 heavy (non-hydrogen) atoms. The van der Waals surface area contributed by atoms with Gasteiger partial charge in [-0.1, -0.05) is 42.6 Å². The van der Waals surface area contributed by atoms with Gasteiger partial charge in [0.1, 0.15) is 19.2 Å². The van der Waals surface area contributed by atoms with Crippen molar-refractivity contribution < 1.29 is 9.47 Å². The van der Waals surface area contributed by atoms with Gasteiger partial charge in [-0.2, -0.15) is 16.9 Å². The molecule has 0 unspecified atom stereocenters. The van der Waals surface area contributed by atoms with Crippen LogP contribution in [-0.4, -0.2) is 39.0 Å². The smallest absolute Gasteiger partial charge is 0.217 e. The molecule has 0 aliphatic carbocycles. The second-order valence-electron chi connectivity index (χ2n) is 5.95. The van der Waals surface area contributed by atoms with Crippen LogP contribution in [0.3, 0.4) is 0 Å². The lowest BCUT2D eigenvalue weighted by Crippen LogP contribution is -2.34. The largest absolute Gasteiger partial charge is 0.342 e. The first kappa shape index (κ1) is 19.0. The highest BCUT2D eigenvalue weighted by Gasteiger charge is 2.45. The maximum Gasteiger partial charge on any atom is 0.217 e. The van der Waals surface area contributed by atoms with E-state index in [9.17, 15) is 0 Å². The van der Waals surface area contributed by atoms with Crippen molar-refractivity contribution in [3.8, 4) is 0 Å². The van der Waals surface area contributed by atoms with Gasteiger partial charge in [-0.05, 0) is 24.3 Å². The Morgan fingerprint density at radius 1 is 1.40 bits per heavy atom. The molecule has 0 spiro atoms. The number of benzene rings is 1. The monoisotopic (exact) mass is 401 g/mol. The Kier molecular flexibility index (Phi) is 6.63. The van der Waals surface area contributed by atoms with Crippen molar-refractivity contribution in [2.45, 2.75) is 38.2 Å². The van der Waals surface area contributed by atoms with Crippen molar-refractivity contribution in [3.05, 3.63) is 46.5 Å². The molecule has 2 atom stereocenters. The molecule has 3 rings (SSSR count). The number of aromatic nitrogens is 3. The first-order chi connectivity index (χ1) is 12.1. The quantitative estimate of drug-likeness (QED) is 0.613. The van der Waals surface area contributed by atoms with Crippen molar-refractivity contribution in [1.82, 2.24) is 14.8 Å². The Morgan fingerprint density at radius 2 is 2.28 bits per heavy atom. The molecule has 1 aliphatic rings. The molecule has 2 heterocycles. The van der Waals surface area contributed by atoms with Crippen molar-refractivity contribution in [1.29, 1.82) is 0 Å². The number of halogens is 2. The number of hydrogen-bond acceptors (Lipinski definition) is 5. The molecule has 0 radical (unpaired) electrons. The Hall–Kier alpha value is -0.790. The average molecular weight is 402 g/mol. The summed E-state index contributed by atoms with van der Waals surface area (Å²) in [4.78, 5) is 4.00. The molecular formula is C17H21Cl2N3O2S. The fourth-order valence-electron chi connectivity index (χ4n) is 2.74. The molecular weight excluding hydrogens is 381 g/mol. The van der Waals surface area contributed by atoms with Gasteiger partial charge in [0.25, 0.3) is 0 Å².